The smallest absolute Gasteiger partial charge is 0.322 e. The monoisotopic (exact) mass is 227 g/mol. The fourth-order valence-corrected chi connectivity index (χ4v) is 0.688. The molecule has 1 rings (SSSR count). The van der Waals surface area contributed by atoms with Crippen LogP contribution in [0.4, 0.5) is 0 Å². The molecule has 1 heterocycles. The Morgan fingerprint density at radius 2 is 2.23 bits per heavy atom. The van der Waals surface area contributed by atoms with Crippen LogP contribution < -0.4 is 5.73 Å². The summed E-state index contributed by atoms with van der Waals surface area (Å²) in [5.74, 6) is -1.01. The van der Waals surface area contributed by atoms with Gasteiger partial charge in [0.15, 0.2) is 0 Å². The molecule has 0 unspecified atom stereocenters. The number of hydrogen-bond donors (Lipinski definition) is 2. The van der Waals surface area contributed by atoms with Crippen LogP contribution in [0.5, 0.6) is 0 Å². The molecule has 0 aliphatic rings. The second-order valence-electron chi connectivity index (χ2n) is 2.17. The Kier molecular flexibility index (Phi) is 7.60. The number of aromatic nitrogens is 2. The zero-order valence-electron chi connectivity index (χ0n) is 6.66. The minimum atomic E-state index is -1.01. The summed E-state index contributed by atoms with van der Waals surface area (Å²) in [4.78, 5) is 10.3. The van der Waals surface area contributed by atoms with Crippen molar-refractivity contribution in [3.05, 3.63) is 18.5 Å². The molecule has 1 atom stereocenters. The Hall–Kier alpha value is -0.780. The maximum Gasteiger partial charge on any atom is 0.322 e. The van der Waals surface area contributed by atoms with E-state index >= 15 is 0 Å². The molecule has 5 nitrogen and oxygen atoms in total. The molecule has 13 heavy (non-hydrogen) atoms. The van der Waals surface area contributed by atoms with Crippen LogP contribution in [0.1, 0.15) is 0 Å². The number of carboxylic acid groups (broad SMARTS) is 1. The highest BCUT2D eigenvalue weighted by Gasteiger charge is 2.11. The molecule has 0 aliphatic carbocycles. The Morgan fingerprint density at radius 3 is 2.62 bits per heavy atom. The van der Waals surface area contributed by atoms with Gasteiger partial charge < -0.3 is 10.8 Å². The topological polar surface area (TPSA) is 81.1 Å². The van der Waals surface area contributed by atoms with E-state index in [1.807, 2.05) is 0 Å². The van der Waals surface area contributed by atoms with Gasteiger partial charge in [0.05, 0.1) is 6.54 Å². The van der Waals surface area contributed by atoms with Gasteiger partial charge in [-0.1, -0.05) is 0 Å². The van der Waals surface area contributed by atoms with E-state index in [4.69, 9.17) is 10.8 Å². The van der Waals surface area contributed by atoms with Crippen molar-refractivity contribution in [1.29, 1.82) is 0 Å². The average molecular weight is 228 g/mol. The number of nitrogens with two attached hydrogens (primary N) is 1. The summed E-state index contributed by atoms with van der Waals surface area (Å²) in [6.45, 7) is 0.211. The van der Waals surface area contributed by atoms with Crippen molar-refractivity contribution in [1.82, 2.24) is 9.78 Å². The number of rotatable bonds is 3. The molecule has 0 spiro atoms. The van der Waals surface area contributed by atoms with Gasteiger partial charge in [0.25, 0.3) is 0 Å². The first-order valence-corrected chi connectivity index (χ1v) is 3.16. The predicted octanol–water partition coefficient (Wildman–Crippen LogP) is 0.139. The van der Waals surface area contributed by atoms with E-state index in [-0.39, 0.29) is 31.4 Å². The van der Waals surface area contributed by atoms with Gasteiger partial charge in [0, 0.05) is 12.4 Å². The third-order valence-electron chi connectivity index (χ3n) is 1.26. The Bertz CT molecular complexity index is 240. The SMILES string of the molecule is Cl.Cl.N[C@@H](Cn1cccn1)C(=O)O. The number of hydrogen-bond acceptors (Lipinski definition) is 3. The largest absolute Gasteiger partial charge is 0.480 e. The molecule has 7 heteroatoms. The number of carbonyl (C=O) groups is 1. The van der Waals surface area contributed by atoms with E-state index in [0.717, 1.165) is 0 Å². The first-order valence-electron chi connectivity index (χ1n) is 3.16. The van der Waals surface area contributed by atoms with E-state index in [1.54, 1.807) is 18.5 Å². The molecule has 0 amide bonds. The van der Waals surface area contributed by atoms with Gasteiger partial charge in [-0.15, -0.1) is 24.8 Å². The highest BCUT2D eigenvalue weighted by molar-refractivity contribution is 5.85. The van der Waals surface area contributed by atoms with Crippen molar-refractivity contribution in [2.24, 2.45) is 5.73 Å². The molecular formula is C6H11Cl2N3O2. The standard InChI is InChI=1S/C6H9N3O2.2ClH/c7-5(6(10)11)4-9-3-1-2-8-9;;/h1-3,5H,4,7H2,(H,10,11);2*1H/t5-;;/m0../s1. The van der Waals surface area contributed by atoms with E-state index in [0.29, 0.717) is 0 Å². The predicted molar refractivity (Wildman–Crippen MR) is 52.3 cm³/mol. The fraction of sp³-hybridized carbons (Fsp3) is 0.333. The van der Waals surface area contributed by atoms with Crippen molar-refractivity contribution < 1.29 is 9.90 Å². The van der Waals surface area contributed by atoms with Crippen LogP contribution in [0.2, 0.25) is 0 Å². The number of nitrogens with zero attached hydrogens (tertiary/aromatic N) is 2. The van der Waals surface area contributed by atoms with Gasteiger partial charge in [0.1, 0.15) is 6.04 Å². The lowest BCUT2D eigenvalue weighted by molar-refractivity contribution is -0.138. The van der Waals surface area contributed by atoms with E-state index in [9.17, 15) is 4.79 Å². The number of halogens is 2. The number of aliphatic carboxylic acids is 1. The van der Waals surface area contributed by atoms with Gasteiger partial charge in [-0.2, -0.15) is 5.10 Å². The Labute approximate surface area is 87.7 Å². The summed E-state index contributed by atoms with van der Waals surface area (Å²) in [5, 5.41) is 12.2. The molecule has 0 saturated heterocycles. The van der Waals surface area contributed by atoms with Crippen LogP contribution in [-0.2, 0) is 11.3 Å². The lowest BCUT2D eigenvalue weighted by atomic mass is 10.3. The van der Waals surface area contributed by atoms with Crippen LogP contribution in [0, 0.1) is 0 Å². The Morgan fingerprint density at radius 1 is 1.62 bits per heavy atom. The van der Waals surface area contributed by atoms with E-state index < -0.39 is 12.0 Å². The molecule has 1 aromatic heterocycles. The second-order valence-corrected chi connectivity index (χ2v) is 2.17. The lowest BCUT2D eigenvalue weighted by Gasteiger charge is -2.04. The average Bonchev–Trinajstić information content (AvgIpc) is 2.39. The van der Waals surface area contributed by atoms with Crippen molar-refractivity contribution >= 4 is 30.8 Å². The van der Waals surface area contributed by atoms with Crippen LogP contribution in [0.25, 0.3) is 0 Å². The molecule has 3 N–H and O–H groups in total. The lowest BCUT2D eigenvalue weighted by Crippen LogP contribution is -2.34. The quantitative estimate of drug-likeness (QED) is 0.770. The molecule has 0 radical (unpaired) electrons. The molecule has 0 aromatic carbocycles. The van der Waals surface area contributed by atoms with Crippen LogP contribution in [0.3, 0.4) is 0 Å². The highest BCUT2D eigenvalue weighted by Crippen LogP contribution is 1.87. The third-order valence-corrected chi connectivity index (χ3v) is 1.26. The van der Waals surface area contributed by atoms with E-state index in [2.05, 4.69) is 5.10 Å². The van der Waals surface area contributed by atoms with Crippen LogP contribution >= 0.6 is 24.8 Å². The molecule has 0 fully saturated rings. The zero-order chi connectivity index (χ0) is 8.27. The van der Waals surface area contributed by atoms with Crippen molar-refractivity contribution in [3.8, 4) is 0 Å². The molecular weight excluding hydrogens is 217 g/mol. The van der Waals surface area contributed by atoms with Gasteiger partial charge in [-0.25, -0.2) is 0 Å². The summed E-state index contributed by atoms with van der Waals surface area (Å²) in [6, 6.07) is 0.837. The van der Waals surface area contributed by atoms with E-state index in [1.165, 1.54) is 4.68 Å². The van der Waals surface area contributed by atoms with Crippen LogP contribution in [0.15, 0.2) is 18.5 Å². The summed E-state index contributed by atoms with van der Waals surface area (Å²) in [7, 11) is 0. The summed E-state index contributed by atoms with van der Waals surface area (Å²) in [6.07, 6.45) is 3.25. The third kappa shape index (κ3) is 4.72. The first-order chi connectivity index (χ1) is 5.20. The molecule has 0 bridgehead atoms. The summed E-state index contributed by atoms with van der Waals surface area (Å²) in [5.41, 5.74) is 5.25. The first kappa shape index (κ1) is 14.7. The van der Waals surface area contributed by atoms with Crippen molar-refractivity contribution in [2.75, 3.05) is 0 Å². The van der Waals surface area contributed by atoms with Gasteiger partial charge in [-0.3, -0.25) is 9.48 Å². The minimum Gasteiger partial charge on any atom is -0.480 e. The van der Waals surface area contributed by atoms with Crippen molar-refractivity contribution in [2.45, 2.75) is 12.6 Å². The summed E-state index contributed by atoms with van der Waals surface area (Å²) < 4.78 is 1.48. The molecule has 76 valence electrons. The second kappa shape index (κ2) is 6.71. The molecule has 0 aliphatic heterocycles. The van der Waals surface area contributed by atoms with Gasteiger partial charge in [0.2, 0.25) is 0 Å². The summed E-state index contributed by atoms with van der Waals surface area (Å²) >= 11 is 0. The van der Waals surface area contributed by atoms with Gasteiger partial charge >= 0.3 is 5.97 Å². The minimum absolute atomic E-state index is 0. The normalized spacial score (nSPS) is 10.8. The van der Waals surface area contributed by atoms with Gasteiger partial charge in [-0.05, 0) is 6.07 Å². The fourth-order valence-electron chi connectivity index (χ4n) is 0.688. The maximum absolute atomic E-state index is 10.3. The van der Waals surface area contributed by atoms with Crippen LogP contribution in [-0.4, -0.2) is 26.9 Å². The molecule has 0 saturated carbocycles. The zero-order valence-corrected chi connectivity index (χ0v) is 8.29. The highest BCUT2D eigenvalue weighted by atomic mass is 35.5. The number of carboxylic acids is 1. The molecule has 1 aromatic rings. The van der Waals surface area contributed by atoms with Crippen molar-refractivity contribution in [3.63, 3.8) is 0 Å². The Balaban J connectivity index is 0. The maximum atomic E-state index is 10.3.